The second kappa shape index (κ2) is 6.44. The van der Waals surface area contributed by atoms with Crippen molar-refractivity contribution in [3.05, 3.63) is 22.6 Å². The van der Waals surface area contributed by atoms with Crippen LogP contribution in [0.1, 0.15) is 24.4 Å². The third-order valence-electron chi connectivity index (χ3n) is 2.08. The first-order chi connectivity index (χ1) is 8.08. The molecule has 0 aliphatic heterocycles. The SMILES string of the molecule is CCOC(=O)CN(CC)C(=O)c1ccc(Br)o1. The van der Waals surface area contributed by atoms with Crippen molar-refractivity contribution in [2.45, 2.75) is 13.8 Å². The third-order valence-corrected chi connectivity index (χ3v) is 2.50. The lowest BCUT2D eigenvalue weighted by atomic mass is 10.3. The van der Waals surface area contributed by atoms with E-state index in [2.05, 4.69) is 15.9 Å². The van der Waals surface area contributed by atoms with Crippen LogP contribution in [0.5, 0.6) is 0 Å². The number of halogens is 1. The highest BCUT2D eigenvalue weighted by molar-refractivity contribution is 9.10. The van der Waals surface area contributed by atoms with E-state index in [0.29, 0.717) is 17.8 Å². The highest BCUT2D eigenvalue weighted by atomic mass is 79.9. The van der Waals surface area contributed by atoms with Gasteiger partial charge in [-0.25, -0.2) is 0 Å². The summed E-state index contributed by atoms with van der Waals surface area (Å²) in [4.78, 5) is 24.6. The molecule has 0 saturated heterocycles. The van der Waals surface area contributed by atoms with Crippen LogP contribution in [0, 0.1) is 0 Å². The standard InChI is InChI=1S/C11H14BrNO4/c1-3-13(7-10(14)16-4-2)11(15)8-5-6-9(12)17-8/h5-6H,3-4,7H2,1-2H3. The van der Waals surface area contributed by atoms with Crippen molar-refractivity contribution in [3.63, 3.8) is 0 Å². The number of nitrogens with zero attached hydrogens (tertiary/aromatic N) is 1. The summed E-state index contributed by atoms with van der Waals surface area (Å²) in [6.07, 6.45) is 0. The molecular weight excluding hydrogens is 290 g/mol. The average Bonchev–Trinajstić information content (AvgIpc) is 2.72. The predicted octanol–water partition coefficient (Wildman–Crippen LogP) is 2.07. The van der Waals surface area contributed by atoms with Gasteiger partial charge in [-0.15, -0.1) is 0 Å². The van der Waals surface area contributed by atoms with E-state index < -0.39 is 5.97 Å². The number of likely N-dealkylation sites (N-methyl/N-ethyl adjacent to an activating group) is 1. The van der Waals surface area contributed by atoms with E-state index in [1.807, 2.05) is 0 Å². The summed E-state index contributed by atoms with van der Waals surface area (Å²) in [5, 5.41) is 0. The fourth-order valence-electron chi connectivity index (χ4n) is 1.27. The van der Waals surface area contributed by atoms with Gasteiger partial charge in [-0.05, 0) is 41.9 Å². The fraction of sp³-hybridized carbons (Fsp3) is 0.455. The molecule has 0 aromatic carbocycles. The molecule has 1 heterocycles. The summed E-state index contributed by atoms with van der Waals surface area (Å²) in [6, 6.07) is 3.19. The lowest BCUT2D eigenvalue weighted by Gasteiger charge is -2.18. The molecule has 1 rings (SSSR count). The van der Waals surface area contributed by atoms with Gasteiger partial charge in [0.2, 0.25) is 0 Å². The van der Waals surface area contributed by atoms with Gasteiger partial charge in [-0.3, -0.25) is 9.59 Å². The van der Waals surface area contributed by atoms with Gasteiger partial charge in [0.1, 0.15) is 6.54 Å². The van der Waals surface area contributed by atoms with Crippen LogP contribution in [0.4, 0.5) is 0 Å². The number of hydrogen-bond donors (Lipinski definition) is 0. The lowest BCUT2D eigenvalue weighted by molar-refractivity contribution is -0.143. The van der Waals surface area contributed by atoms with Crippen molar-refractivity contribution >= 4 is 27.8 Å². The largest absolute Gasteiger partial charge is 0.465 e. The van der Waals surface area contributed by atoms with Crippen LogP contribution < -0.4 is 0 Å². The predicted molar refractivity (Wildman–Crippen MR) is 64.6 cm³/mol. The molecule has 5 nitrogen and oxygen atoms in total. The van der Waals surface area contributed by atoms with Crippen molar-refractivity contribution in [1.29, 1.82) is 0 Å². The van der Waals surface area contributed by atoms with Crippen LogP contribution >= 0.6 is 15.9 Å². The molecule has 0 N–H and O–H groups in total. The van der Waals surface area contributed by atoms with E-state index >= 15 is 0 Å². The molecule has 0 aliphatic rings. The van der Waals surface area contributed by atoms with Crippen molar-refractivity contribution in [2.75, 3.05) is 19.7 Å². The Bertz CT molecular complexity index is 402. The zero-order valence-electron chi connectivity index (χ0n) is 9.73. The molecule has 94 valence electrons. The minimum atomic E-state index is -0.423. The first kappa shape index (κ1) is 13.8. The van der Waals surface area contributed by atoms with Crippen LogP contribution in [0.15, 0.2) is 21.2 Å². The van der Waals surface area contributed by atoms with Crippen LogP contribution in [0.2, 0.25) is 0 Å². The van der Waals surface area contributed by atoms with Crippen molar-refractivity contribution < 1.29 is 18.7 Å². The summed E-state index contributed by atoms with van der Waals surface area (Å²) in [6.45, 7) is 4.16. The van der Waals surface area contributed by atoms with Crippen LogP contribution in [0.25, 0.3) is 0 Å². The monoisotopic (exact) mass is 303 g/mol. The van der Waals surface area contributed by atoms with Gasteiger partial charge in [0.25, 0.3) is 5.91 Å². The molecule has 1 aromatic heterocycles. The van der Waals surface area contributed by atoms with E-state index in [4.69, 9.17) is 9.15 Å². The Morgan fingerprint density at radius 1 is 1.41 bits per heavy atom. The van der Waals surface area contributed by atoms with Gasteiger partial charge >= 0.3 is 5.97 Å². The Hall–Kier alpha value is -1.30. The molecule has 17 heavy (non-hydrogen) atoms. The topological polar surface area (TPSA) is 59.8 Å². The second-order valence-corrected chi connectivity index (χ2v) is 4.01. The summed E-state index contributed by atoms with van der Waals surface area (Å²) in [5.74, 6) is -0.553. The number of carbonyl (C=O) groups is 2. The summed E-state index contributed by atoms with van der Waals surface area (Å²) in [5.41, 5.74) is 0. The Labute approximate surface area is 108 Å². The zero-order valence-corrected chi connectivity index (χ0v) is 11.3. The van der Waals surface area contributed by atoms with Crippen LogP contribution in [-0.4, -0.2) is 36.5 Å². The van der Waals surface area contributed by atoms with E-state index in [1.54, 1.807) is 26.0 Å². The normalized spacial score (nSPS) is 10.1. The van der Waals surface area contributed by atoms with Gasteiger partial charge in [-0.2, -0.15) is 0 Å². The quantitative estimate of drug-likeness (QED) is 0.781. The molecule has 0 atom stereocenters. The molecule has 0 bridgehead atoms. The molecular formula is C11H14BrNO4. The molecule has 1 aromatic rings. The maximum atomic E-state index is 11.9. The number of ether oxygens (including phenoxy) is 1. The fourth-order valence-corrected chi connectivity index (χ4v) is 1.58. The molecule has 0 aliphatic carbocycles. The number of furan rings is 1. The minimum absolute atomic E-state index is 0.0680. The van der Waals surface area contributed by atoms with E-state index in [1.165, 1.54) is 4.90 Å². The first-order valence-corrected chi connectivity index (χ1v) is 6.08. The first-order valence-electron chi connectivity index (χ1n) is 5.28. The summed E-state index contributed by atoms with van der Waals surface area (Å²) in [7, 11) is 0. The maximum absolute atomic E-state index is 11.9. The van der Waals surface area contributed by atoms with Crippen molar-refractivity contribution in [2.24, 2.45) is 0 Å². The smallest absolute Gasteiger partial charge is 0.325 e. The van der Waals surface area contributed by atoms with Crippen LogP contribution in [-0.2, 0) is 9.53 Å². The van der Waals surface area contributed by atoms with Gasteiger partial charge in [-0.1, -0.05) is 0 Å². The molecule has 6 heteroatoms. The Morgan fingerprint density at radius 3 is 2.59 bits per heavy atom. The molecule has 0 spiro atoms. The van der Waals surface area contributed by atoms with Gasteiger partial charge in [0, 0.05) is 6.54 Å². The summed E-state index contributed by atoms with van der Waals surface area (Å²) < 4.78 is 10.4. The third kappa shape index (κ3) is 3.89. The van der Waals surface area contributed by atoms with E-state index in [0.717, 1.165) is 0 Å². The highest BCUT2D eigenvalue weighted by Crippen LogP contribution is 2.15. The molecule has 0 unspecified atom stereocenters. The Balaban J connectivity index is 2.67. The Morgan fingerprint density at radius 2 is 2.12 bits per heavy atom. The maximum Gasteiger partial charge on any atom is 0.325 e. The molecule has 0 radical (unpaired) electrons. The van der Waals surface area contributed by atoms with Gasteiger partial charge < -0.3 is 14.1 Å². The second-order valence-electron chi connectivity index (χ2n) is 3.23. The molecule has 0 fully saturated rings. The summed E-state index contributed by atoms with van der Waals surface area (Å²) >= 11 is 3.12. The van der Waals surface area contributed by atoms with Crippen molar-refractivity contribution in [3.8, 4) is 0 Å². The Kier molecular flexibility index (Phi) is 5.21. The molecule has 0 saturated carbocycles. The number of hydrogen-bond acceptors (Lipinski definition) is 4. The van der Waals surface area contributed by atoms with E-state index in [-0.39, 0.29) is 18.2 Å². The number of esters is 1. The van der Waals surface area contributed by atoms with E-state index in [9.17, 15) is 9.59 Å². The molecule has 1 amide bonds. The number of amides is 1. The van der Waals surface area contributed by atoms with Crippen molar-refractivity contribution in [1.82, 2.24) is 4.90 Å². The van der Waals surface area contributed by atoms with Crippen LogP contribution in [0.3, 0.4) is 0 Å². The average molecular weight is 304 g/mol. The highest BCUT2D eigenvalue weighted by Gasteiger charge is 2.20. The zero-order chi connectivity index (χ0) is 12.8. The number of rotatable bonds is 5. The van der Waals surface area contributed by atoms with Gasteiger partial charge in [0.05, 0.1) is 6.61 Å². The lowest BCUT2D eigenvalue weighted by Crippen LogP contribution is -2.36. The minimum Gasteiger partial charge on any atom is -0.465 e. The van der Waals surface area contributed by atoms with Gasteiger partial charge in [0.15, 0.2) is 10.4 Å². The number of carbonyl (C=O) groups excluding carboxylic acids is 2.